The van der Waals surface area contributed by atoms with E-state index < -0.39 is 0 Å². The molecule has 68 valence electrons. The highest BCUT2D eigenvalue weighted by molar-refractivity contribution is 9.10. The molecule has 0 bridgehead atoms. The van der Waals surface area contributed by atoms with Crippen molar-refractivity contribution in [3.63, 3.8) is 0 Å². The highest BCUT2D eigenvalue weighted by Gasteiger charge is 2.03. The van der Waals surface area contributed by atoms with Crippen LogP contribution >= 0.6 is 27.3 Å². The molecule has 2 rings (SSSR count). The minimum atomic E-state index is 0.862. The van der Waals surface area contributed by atoms with Crippen molar-refractivity contribution in [2.24, 2.45) is 0 Å². The fraction of sp³-hybridized carbons (Fsp3) is 0.250. The lowest BCUT2D eigenvalue weighted by Crippen LogP contribution is -1.92. The zero-order valence-corrected chi connectivity index (χ0v) is 9.47. The molecule has 3 nitrogen and oxygen atoms in total. The fourth-order valence-corrected chi connectivity index (χ4v) is 2.18. The van der Waals surface area contributed by atoms with Crippen LogP contribution in [0.15, 0.2) is 22.4 Å². The first-order valence-electron chi connectivity index (χ1n) is 3.94. The van der Waals surface area contributed by atoms with E-state index in [9.17, 15) is 0 Å². The Kier molecular flexibility index (Phi) is 2.46. The Hall–Kier alpha value is -0.680. The quantitative estimate of drug-likeness (QED) is 0.829. The Morgan fingerprint density at radius 1 is 1.62 bits per heavy atom. The average Bonchev–Trinajstić information content (AvgIpc) is 2.71. The molecule has 0 N–H and O–H groups in total. The van der Waals surface area contributed by atoms with E-state index in [-0.39, 0.29) is 0 Å². The molecule has 13 heavy (non-hydrogen) atoms. The Bertz CT molecular complexity index is 407. The molecule has 0 aliphatic carbocycles. The zero-order valence-electron chi connectivity index (χ0n) is 7.07. The SMILES string of the molecule is CCc1cnn(-c2nc(Br)cs2)c1. The number of aryl methyl sites for hydroxylation is 1. The molecule has 0 aliphatic heterocycles. The maximum Gasteiger partial charge on any atom is 0.211 e. The highest BCUT2D eigenvalue weighted by atomic mass is 79.9. The molecule has 0 saturated carbocycles. The highest BCUT2D eigenvalue weighted by Crippen LogP contribution is 2.18. The molecular formula is C8H8BrN3S. The summed E-state index contributed by atoms with van der Waals surface area (Å²) in [5.41, 5.74) is 1.23. The fourth-order valence-electron chi connectivity index (χ4n) is 0.998. The first kappa shape index (κ1) is 8.90. The molecule has 0 atom stereocenters. The molecule has 0 amide bonds. The summed E-state index contributed by atoms with van der Waals surface area (Å²) >= 11 is 4.88. The maximum absolute atomic E-state index is 4.26. The lowest BCUT2D eigenvalue weighted by Gasteiger charge is -1.91. The number of thiazole rings is 1. The van der Waals surface area contributed by atoms with Crippen LogP contribution in [-0.2, 0) is 6.42 Å². The van der Waals surface area contributed by atoms with Crippen molar-refractivity contribution >= 4 is 27.3 Å². The molecule has 0 saturated heterocycles. The zero-order chi connectivity index (χ0) is 9.26. The van der Waals surface area contributed by atoms with Crippen molar-refractivity contribution < 1.29 is 0 Å². The monoisotopic (exact) mass is 257 g/mol. The van der Waals surface area contributed by atoms with Crippen LogP contribution < -0.4 is 0 Å². The van der Waals surface area contributed by atoms with E-state index in [1.54, 1.807) is 16.0 Å². The maximum atomic E-state index is 4.26. The summed E-state index contributed by atoms with van der Waals surface area (Å²) in [6, 6.07) is 0. The second kappa shape index (κ2) is 3.59. The van der Waals surface area contributed by atoms with E-state index in [4.69, 9.17) is 0 Å². The smallest absolute Gasteiger partial charge is 0.211 e. The number of halogens is 1. The van der Waals surface area contributed by atoms with Crippen LogP contribution in [0.3, 0.4) is 0 Å². The van der Waals surface area contributed by atoms with Gasteiger partial charge in [-0.05, 0) is 27.9 Å². The van der Waals surface area contributed by atoms with E-state index in [0.29, 0.717) is 0 Å². The molecule has 2 aromatic heterocycles. The van der Waals surface area contributed by atoms with Gasteiger partial charge in [-0.3, -0.25) is 0 Å². The van der Waals surface area contributed by atoms with Crippen molar-refractivity contribution in [2.75, 3.05) is 0 Å². The van der Waals surface area contributed by atoms with Gasteiger partial charge >= 0.3 is 0 Å². The predicted molar refractivity (Wildman–Crippen MR) is 56.3 cm³/mol. The van der Waals surface area contributed by atoms with Gasteiger partial charge in [0.2, 0.25) is 5.13 Å². The number of nitrogens with zero attached hydrogens (tertiary/aromatic N) is 3. The summed E-state index contributed by atoms with van der Waals surface area (Å²) in [5, 5.41) is 7.06. The first-order chi connectivity index (χ1) is 6.29. The Morgan fingerprint density at radius 3 is 3.00 bits per heavy atom. The Labute approximate surface area is 88.6 Å². The minimum Gasteiger partial charge on any atom is -0.213 e. The summed E-state index contributed by atoms with van der Waals surface area (Å²) in [6.45, 7) is 2.11. The van der Waals surface area contributed by atoms with Crippen LogP contribution in [0.4, 0.5) is 0 Å². The normalized spacial score (nSPS) is 10.6. The van der Waals surface area contributed by atoms with Crippen molar-refractivity contribution in [1.29, 1.82) is 0 Å². The largest absolute Gasteiger partial charge is 0.213 e. The Morgan fingerprint density at radius 2 is 2.46 bits per heavy atom. The van der Waals surface area contributed by atoms with Gasteiger partial charge in [0.05, 0.1) is 6.20 Å². The third-order valence-electron chi connectivity index (χ3n) is 1.70. The van der Waals surface area contributed by atoms with Crippen molar-refractivity contribution in [3.05, 3.63) is 27.9 Å². The third-order valence-corrected chi connectivity index (χ3v) is 3.24. The van der Waals surface area contributed by atoms with Gasteiger partial charge in [-0.2, -0.15) is 5.10 Å². The molecule has 0 aliphatic rings. The summed E-state index contributed by atoms with van der Waals surface area (Å²) in [5.74, 6) is 0. The molecule has 2 aromatic rings. The first-order valence-corrected chi connectivity index (χ1v) is 5.62. The van der Waals surface area contributed by atoms with E-state index in [2.05, 4.69) is 32.9 Å². The van der Waals surface area contributed by atoms with Crippen molar-refractivity contribution in [2.45, 2.75) is 13.3 Å². The molecule has 0 spiro atoms. The number of aromatic nitrogens is 3. The molecule has 0 radical (unpaired) electrons. The predicted octanol–water partition coefficient (Wildman–Crippen LogP) is 2.65. The van der Waals surface area contributed by atoms with E-state index >= 15 is 0 Å². The van der Waals surface area contributed by atoms with Crippen LogP contribution in [0.2, 0.25) is 0 Å². The van der Waals surface area contributed by atoms with Crippen molar-refractivity contribution in [1.82, 2.24) is 14.8 Å². The second-order valence-electron chi connectivity index (χ2n) is 2.60. The van der Waals surface area contributed by atoms with Gasteiger partial charge in [-0.15, -0.1) is 11.3 Å². The third kappa shape index (κ3) is 1.81. The van der Waals surface area contributed by atoms with Gasteiger partial charge in [0.15, 0.2) is 0 Å². The van der Waals surface area contributed by atoms with Gasteiger partial charge in [-0.25, -0.2) is 9.67 Å². The van der Waals surface area contributed by atoms with E-state index in [1.165, 1.54) is 5.56 Å². The van der Waals surface area contributed by atoms with Crippen LogP contribution in [-0.4, -0.2) is 14.8 Å². The lowest BCUT2D eigenvalue weighted by atomic mass is 10.3. The molecule has 0 fully saturated rings. The Balaban J connectivity index is 2.35. The van der Waals surface area contributed by atoms with Gasteiger partial charge in [0, 0.05) is 11.6 Å². The number of hydrogen-bond acceptors (Lipinski definition) is 3. The molecule has 0 unspecified atom stereocenters. The van der Waals surface area contributed by atoms with Crippen LogP contribution in [0.25, 0.3) is 5.13 Å². The second-order valence-corrected chi connectivity index (χ2v) is 4.25. The average molecular weight is 258 g/mol. The summed E-state index contributed by atoms with van der Waals surface area (Å²) in [6.07, 6.45) is 4.88. The lowest BCUT2D eigenvalue weighted by molar-refractivity contribution is 0.866. The van der Waals surface area contributed by atoms with Crippen LogP contribution in [0.1, 0.15) is 12.5 Å². The molecule has 5 heteroatoms. The summed E-state index contributed by atoms with van der Waals surface area (Å²) in [4.78, 5) is 4.26. The van der Waals surface area contributed by atoms with E-state index in [1.807, 2.05) is 17.8 Å². The van der Waals surface area contributed by atoms with Crippen LogP contribution in [0.5, 0.6) is 0 Å². The van der Waals surface area contributed by atoms with Gasteiger partial charge in [0.25, 0.3) is 0 Å². The standard InChI is InChI=1S/C8H8BrN3S/c1-2-6-3-10-12(4-6)8-11-7(9)5-13-8/h3-5H,2H2,1H3. The van der Waals surface area contributed by atoms with Gasteiger partial charge < -0.3 is 0 Å². The van der Waals surface area contributed by atoms with Gasteiger partial charge in [0.1, 0.15) is 4.60 Å². The summed E-state index contributed by atoms with van der Waals surface area (Å²) in [7, 11) is 0. The molecule has 0 aromatic carbocycles. The number of hydrogen-bond donors (Lipinski definition) is 0. The topological polar surface area (TPSA) is 30.7 Å². The summed E-state index contributed by atoms with van der Waals surface area (Å²) < 4.78 is 2.66. The molecule has 2 heterocycles. The van der Waals surface area contributed by atoms with Crippen molar-refractivity contribution in [3.8, 4) is 5.13 Å². The molecular weight excluding hydrogens is 250 g/mol. The van der Waals surface area contributed by atoms with E-state index in [0.717, 1.165) is 16.2 Å². The van der Waals surface area contributed by atoms with Gasteiger partial charge in [-0.1, -0.05) is 6.92 Å². The minimum absolute atomic E-state index is 0.862. The van der Waals surface area contributed by atoms with Crippen LogP contribution in [0, 0.1) is 0 Å². The number of rotatable bonds is 2.